The lowest BCUT2D eigenvalue weighted by Gasteiger charge is -2.18. The van der Waals surface area contributed by atoms with Crippen molar-refractivity contribution in [3.8, 4) is 11.6 Å². The van der Waals surface area contributed by atoms with Crippen LogP contribution in [0.15, 0.2) is 36.7 Å². The van der Waals surface area contributed by atoms with Gasteiger partial charge in [-0.2, -0.15) is 4.98 Å². The average molecular weight is 372 g/mol. The van der Waals surface area contributed by atoms with Gasteiger partial charge in [-0.3, -0.25) is 9.78 Å². The minimum absolute atomic E-state index is 0.0953. The van der Waals surface area contributed by atoms with Crippen LogP contribution in [0.2, 0.25) is 0 Å². The van der Waals surface area contributed by atoms with Gasteiger partial charge in [-0.05, 0) is 32.0 Å². The standard InChI is InChI=1S/C19H24N4O4/c1-4-26-19(25)15-6-5-7-16(10-15)27-18-13-21-12-17(22-18)23(3)9-8-20-11-14(2)24/h5-7,10,12-13,20H,4,8-9,11H2,1-3H3. The Bertz CT molecular complexity index is 782. The molecule has 27 heavy (non-hydrogen) atoms. The first kappa shape index (κ1) is 20.3. The molecule has 0 radical (unpaired) electrons. The van der Waals surface area contributed by atoms with E-state index in [2.05, 4.69) is 15.3 Å². The van der Waals surface area contributed by atoms with E-state index in [-0.39, 0.29) is 5.78 Å². The predicted molar refractivity (Wildman–Crippen MR) is 101 cm³/mol. The molecule has 2 aromatic rings. The summed E-state index contributed by atoms with van der Waals surface area (Å²) in [6, 6.07) is 6.70. The smallest absolute Gasteiger partial charge is 0.338 e. The lowest BCUT2D eigenvalue weighted by Crippen LogP contribution is -2.32. The maximum atomic E-state index is 11.8. The molecule has 0 atom stereocenters. The second kappa shape index (κ2) is 10.2. The molecule has 1 aromatic heterocycles. The summed E-state index contributed by atoms with van der Waals surface area (Å²) in [6.45, 7) is 5.25. The fourth-order valence-corrected chi connectivity index (χ4v) is 2.22. The van der Waals surface area contributed by atoms with E-state index in [4.69, 9.17) is 9.47 Å². The summed E-state index contributed by atoms with van der Waals surface area (Å²) in [5, 5.41) is 3.05. The fraction of sp³-hybridized carbons (Fsp3) is 0.368. The highest BCUT2D eigenvalue weighted by Crippen LogP contribution is 2.22. The van der Waals surface area contributed by atoms with Crippen LogP contribution in [0.1, 0.15) is 24.2 Å². The Morgan fingerprint density at radius 3 is 2.81 bits per heavy atom. The van der Waals surface area contributed by atoms with Crippen LogP contribution in [-0.4, -0.2) is 55.0 Å². The molecule has 1 N–H and O–H groups in total. The second-order valence-electron chi connectivity index (χ2n) is 5.87. The van der Waals surface area contributed by atoms with E-state index in [1.54, 1.807) is 44.3 Å². The normalized spacial score (nSPS) is 10.3. The summed E-state index contributed by atoms with van der Waals surface area (Å²) in [6.07, 6.45) is 3.13. The SMILES string of the molecule is CCOC(=O)c1cccc(Oc2cncc(N(C)CCNCC(C)=O)n2)c1. The van der Waals surface area contributed by atoms with E-state index in [0.717, 1.165) is 0 Å². The number of Topliss-reactive ketones (excluding diaryl/α,β-unsaturated/α-hetero) is 1. The Labute approximate surface area is 158 Å². The fourth-order valence-electron chi connectivity index (χ4n) is 2.22. The van der Waals surface area contributed by atoms with Gasteiger partial charge in [0.2, 0.25) is 5.88 Å². The molecule has 1 aromatic carbocycles. The number of ether oxygens (including phenoxy) is 2. The molecule has 2 rings (SSSR count). The van der Waals surface area contributed by atoms with Crippen molar-refractivity contribution in [3.05, 3.63) is 42.2 Å². The van der Waals surface area contributed by atoms with E-state index in [0.29, 0.717) is 49.3 Å². The zero-order valence-corrected chi connectivity index (χ0v) is 15.8. The summed E-state index contributed by atoms with van der Waals surface area (Å²) in [7, 11) is 1.88. The minimum Gasteiger partial charge on any atom is -0.462 e. The largest absolute Gasteiger partial charge is 0.462 e. The van der Waals surface area contributed by atoms with Gasteiger partial charge in [0.1, 0.15) is 11.5 Å². The van der Waals surface area contributed by atoms with Crippen LogP contribution in [-0.2, 0) is 9.53 Å². The molecule has 144 valence electrons. The van der Waals surface area contributed by atoms with Gasteiger partial charge in [0.05, 0.1) is 31.1 Å². The monoisotopic (exact) mass is 372 g/mol. The van der Waals surface area contributed by atoms with Gasteiger partial charge in [-0.25, -0.2) is 4.79 Å². The quantitative estimate of drug-likeness (QED) is 0.500. The Hall–Kier alpha value is -3.00. The van der Waals surface area contributed by atoms with Crippen LogP contribution in [0.5, 0.6) is 11.6 Å². The highest BCUT2D eigenvalue weighted by atomic mass is 16.5. The van der Waals surface area contributed by atoms with E-state index >= 15 is 0 Å². The van der Waals surface area contributed by atoms with Gasteiger partial charge in [-0.15, -0.1) is 0 Å². The van der Waals surface area contributed by atoms with Gasteiger partial charge < -0.3 is 19.7 Å². The number of rotatable bonds is 10. The summed E-state index contributed by atoms with van der Waals surface area (Å²) in [5.74, 6) is 1.12. The number of esters is 1. The topological polar surface area (TPSA) is 93.7 Å². The molecule has 0 saturated heterocycles. The van der Waals surface area contributed by atoms with Crippen LogP contribution >= 0.6 is 0 Å². The van der Waals surface area contributed by atoms with E-state index in [9.17, 15) is 9.59 Å². The van der Waals surface area contributed by atoms with Crippen LogP contribution < -0.4 is 15.0 Å². The first-order valence-corrected chi connectivity index (χ1v) is 8.68. The predicted octanol–water partition coefficient (Wildman–Crippen LogP) is 2.06. The number of hydrogen-bond acceptors (Lipinski definition) is 8. The first-order valence-electron chi connectivity index (χ1n) is 8.68. The van der Waals surface area contributed by atoms with Crippen molar-refractivity contribution in [1.29, 1.82) is 0 Å². The third kappa shape index (κ3) is 6.67. The van der Waals surface area contributed by atoms with Crippen molar-refractivity contribution in [1.82, 2.24) is 15.3 Å². The van der Waals surface area contributed by atoms with Gasteiger partial charge in [-0.1, -0.05) is 6.07 Å². The van der Waals surface area contributed by atoms with Crippen molar-refractivity contribution in [2.45, 2.75) is 13.8 Å². The summed E-state index contributed by atoms with van der Waals surface area (Å²) in [4.78, 5) is 33.2. The summed E-state index contributed by atoms with van der Waals surface area (Å²) >= 11 is 0. The van der Waals surface area contributed by atoms with Crippen LogP contribution in [0.25, 0.3) is 0 Å². The Balaban J connectivity index is 2.00. The lowest BCUT2D eigenvalue weighted by molar-refractivity contribution is -0.116. The van der Waals surface area contributed by atoms with Crippen molar-refractivity contribution in [2.24, 2.45) is 0 Å². The number of benzene rings is 1. The molecular weight excluding hydrogens is 348 g/mol. The Morgan fingerprint density at radius 1 is 1.26 bits per heavy atom. The highest BCUT2D eigenvalue weighted by Gasteiger charge is 2.10. The number of carbonyl (C=O) groups is 2. The molecule has 8 nitrogen and oxygen atoms in total. The van der Waals surface area contributed by atoms with E-state index in [1.165, 1.54) is 6.20 Å². The Morgan fingerprint density at radius 2 is 2.07 bits per heavy atom. The highest BCUT2D eigenvalue weighted by molar-refractivity contribution is 5.89. The van der Waals surface area contributed by atoms with Gasteiger partial charge in [0, 0.05) is 20.1 Å². The Kier molecular flexibility index (Phi) is 7.69. The number of carbonyl (C=O) groups excluding carboxylic acids is 2. The third-order valence-electron chi connectivity index (χ3n) is 3.56. The average Bonchev–Trinajstić information content (AvgIpc) is 2.65. The number of ketones is 1. The molecular formula is C19H24N4O4. The molecule has 0 saturated carbocycles. The van der Waals surface area contributed by atoms with Crippen molar-refractivity contribution < 1.29 is 19.1 Å². The molecule has 0 fully saturated rings. The number of hydrogen-bond donors (Lipinski definition) is 1. The van der Waals surface area contributed by atoms with Gasteiger partial charge in [0.15, 0.2) is 5.82 Å². The third-order valence-corrected chi connectivity index (χ3v) is 3.56. The van der Waals surface area contributed by atoms with Crippen molar-refractivity contribution >= 4 is 17.6 Å². The molecule has 0 unspecified atom stereocenters. The zero-order chi connectivity index (χ0) is 19.6. The molecule has 0 aliphatic heterocycles. The van der Waals surface area contributed by atoms with E-state index < -0.39 is 5.97 Å². The van der Waals surface area contributed by atoms with Gasteiger partial charge >= 0.3 is 5.97 Å². The maximum absolute atomic E-state index is 11.8. The molecule has 0 spiro atoms. The lowest BCUT2D eigenvalue weighted by atomic mass is 10.2. The second-order valence-corrected chi connectivity index (χ2v) is 5.87. The van der Waals surface area contributed by atoms with Crippen molar-refractivity contribution in [2.75, 3.05) is 38.2 Å². The van der Waals surface area contributed by atoms with E-state index in [1.807, 2.05) is 11.9 Å². The molecule has 0 amide bonds. The van der Waals surface area contributed by atoms with Crippen LogP contribution in [0, 0.1) is 0 Å². The molecule has 1 heterocycles. The minimum atomic E-state index is -0.402. The van der Waals surface area contributed by atoms with Crippen molar-refractivity contribution in [3.63, 3.8) is 0 Å². The number of nitrogens with zero attached hydrogens (tertiary/aromatic N) is 3. The first-order chi connectivity index (χ1) is 13.0. The molecule has 8 heteroatoms. The number of nitrogens with one attached hydrogen (secondary N) is 1. The molecule has 0 bridgehead atoms. The maximum Gasteiger partial charge on any atom is 0.338 e. The molecule has 0 aliphatic rings. The number of anilines is 1. The van der Waals surface area contributed by atoms with Crippen LogP contribution in [0.3, 0.4) is 0 Å². The summed E-state index contributed by atoms with van der Waals surface area (Å²) in [5.41, 5.74) is 0.409. The number of aromatic nitrogens is 2. The van der Waals surface area contributed by atoms with Gasteiger partial charge in [0.25, 0.3) is 0 Å². The summed E-state index contributed by atoms with van der Waals surface area (Å²) < 4.78 is 10.7. The zero-order valence-electron chi connectivity index (χ0n) is 15.8. The molecule has 0 aliphatic carbocycles. The van der Waals surface area contributed by atoms with Crippen LogP contribution in [0.4, 0.5) is 5.82 Å². The number of likely N-dealkylation sites (N-methyl/N-ethyl adjacent to an activating group) is 1.